The third-order valence-corrected chi connectivity index (χ3v) is 7.98. The number of amides is 2. The second-order valence-corrected chi connectivity index (χ2v) is 10.5. The van der Waals surface area contributed by atoms with Crippen LogP contribution in [0.2, 0.25) is 5.02 Å². The van der Waals surface area contributed by atoms with Crippen molar-refractivity contribution in [2.45, 2.75) is 62.3 Å². The van der Waals surface area contributed by atoms with Gasteiger partial charge in [-0.1, -0.05) is 37.3 Å². The Kier molecular flexibility index (Phi) is 8.13. The fourth-order valence-electron chi connectivity index (χ4n) is 4.14. The third kappa shape index (κ3) is 6.18. The summed E-state index contributed by atoms with van der Waals surface area (Å²) in [6, 6.07) is 6.20. The van der Waals surface area contributed by atoms with Gasteiger partial charge in [0.25, 0.3) is 0 Å². The molecule has 0 bridgehead atoms. The van der Waals surface area contributed by atoms with Crippen molar-refractivity contribution >= 4 is 33.4 Å². The summed E-state index contributed by atoms with van der Waals surface area (Å²) in [7, 11) is -3.68. The fraction of sp³-hybridized carbons (Fsp3) is 0.619. The molecule has 7 nitrogen and oxygen atoms in total. The van der Waals surface area contributed by atoms with Gasteiger partial charge >= 0.3 is 0 Å². The highest BCUT2D eigenvalue weighted by molar-refractivity contribution is 7.89. The number of hydrogen-bond acceptors (Lipinski definition) is 4. The summed E-state index contributed by atoms with van der Waals surface area (Å²) in [5.74, 6) is -0.926. The zero-order chi connectivity index (χ0) is 21.6. The Balaban J connectivity index is 1.51. The second kappa shape index (κ2) is 10.6. The Morgan fingerprint density at radius 2 is 1.67 bits per heavy atom. The van der Waals surface area contributed by atoms with Crippen molar-refractivity contribution in [1.82, 2.24) is 14.9 Å². The van der Waals surface area contributed by atoms with E-state index in [1.54, 1.807) is 0 Å². The van der Waals surface area contributed by atoms with Crippen molar-refractivity contribution in [2.75, 3.05) is 19.6 Å². The molecular formula is C21H30ClN3O4S. The number of piperidine rings is 1. The molecule has 1 atom stereocenters. The predicted octanol–water partition coefficient (Wildman–Crippen LogP) is 2.70. The molecule has 1 heterocycles. The average molecular weight is 456 g/mol. The van der Waals surface area contributed by atoms with Crippen molar-refractivity contribution in [3.8, 4) is 0 Å². The van der Waals surface area contributed by atoms with E-state index in [4.69, 9.17) is 11.6 Å². The van der Waals surface area contributed by atoms with E-state index < -0.39 is 15.9 Å². The molecule has 1 aromatic rings. The summed E-state index contributed by atoms with van der Waals surface area (Å²) in [6.45, 7) is 0.410. The predicted molar refractivity (Wildman–Crippen MR) is 116 cm³/mol. The van der Waals surface area contributed by atoms with E-state index in [9.17, 15) is 18.0 Å². The summed E-state index contributed by atoms with van der Waals surface area (Å²) in [4.78, 5) is 24.9. The average Bonchev–Trinajstić information content (AvgIpc) is 3.01. The molecule has 2 aliphatic rings. The van der Waals surface area contributed by atoms with Crippen molar-refractivity contribution in [2.24, 2.45) is 5.92 Å². The first-order valence-electron chi connectivity index (χ1n) is 10.7. The maximum absolute atomic E-state index is 12.9. The summed E-state index contributed by atoms with van der Waals surface area (Å²) in [6.07, 6.45) is 7.83. The molecule has 3 rings (SSSR count). The maximum atomic E-state index is 12.9. The molecular weight excluding hydrogens is 426 g/mol. The summed E-state index contributed by atoms with van der Waals surface area (Å²) in [5.41, 5.74) is 0. The third-order valence-electron chi connectivity index (χ3n) is 5.85. The van der Waals surface area contributed by atoms with Gasteiger partial charge in [-0.25, -0.2) is 8.42 Å². The molecule has 1 saturated heterocycles. The van der Waals surface area contributed by atoms with Crippen LogP contribution >= 0.6 is 11.6 Å². The van der Waals surface area contributed by atoms with Crippen molar-refractivity contribution < 1.29 is 18.0 Å². The first kappa shape index (κ1) is 23.0. The van der Waals surface area contributed by atoms with Gasteiger partial charge in [0.15, 0.2) is 0 Å². The highest BCUT2D eigenvalue weighted by atomic mass is 35.5. The zero-order valence-corrected chi connectivity index (χ0v) is 18.7. The van der Waals surface area contributed by atoms with E-state index in [0.717, 1.165) is 25.7 Å². The van der Waals surface area contributed by atoms with E-state index in [1.807, 2.05) is 0 Å². The molecule has 166 valence electrons. The van der Waals surface area contributed by atoms with Gasteiger partial charge in [0.05, 0.1) is 17.4 Å². The largest absolute Gasteiger partial charge is 0.352 e. The van der Waals surface area contributed by atoms with Crippen LogP contribution in [0.3, 0.4) is 0 Å². The summed E-state index contributed by atoms with van der Waals surface area (Å²) < 4.78 is 27.1. The number of nitrogens with zero attached hydrogens (tertiary/aromatic N) is 1. The van der Waals surface area contributed by atoms with Gasteiger partial charge < -0.3 is 10.6 Å². The number of carbonyl (C=O) groups is 2. The highest BCUT2D eigenvalue weighted by Crippen LogP contribution is 2.25. The van der Waals surface area contributed by atoms with Crippen LogP contribution in [0, 0.1) is 5.92 Å². The Hall–Kier alpha value is -1.64. The van der Waals surface area contributed by atoms with Crippen LogP contribution in [0.4, 0.5) is 0 Å². The van der Waals surface area contributed by atoms with Crippen molar-refractivity contribution in [1.29, 1.82) is 0 Å². The minimum Gasteiger partial charge on any atom is -0.352 e. The fourth-order valence-corrected chi connectivity index (χ4v) is 5.79. The van der Waals surface area contributed by atoms with E-state index in [0.29, 0.717) is 24.4 Å². The van der Waals surface area contributed by atoms with Crippen LogP contribution in [0.15, 0.2) is 29.2 Å². The molecule has 9 heteroatoms. The molecule has 2 amide bonds. The molecule has 1 aliphatic carbocycles. The monoisotopic (exact) mass is 455 g/mol. The first-order chi connectivity index (χ1) is 14.4. The van der Waals surface area contributed by atoms with E-state index in [-0.39, 0.29) is 35.8 Å². The summed E-state index contributed by atoms with van der Waals surface area (Å²) in [5, 5.41) is 6.16. The molecule has 2 N–H and O–H groups in total. The van der Waals surface area contributed by atoms with Gasteiger partial charge in [-0.05, 0) is 49.9 Å². The van der Waals surface area contributed by atoms with Crippen LogP contribution in [0.25, 0.3) is 0 Å². The van der Waals surface area contributed by atoms with Gasteiger partial charge in [0, 0.05) is 24.2 Å². The van der Waals surface area contributed by atoms with Crippen LogP contribution in [-0.4, -0.2) is 50.2 Å². The van der Waals surface area contributed by atoms with E-state index in [2.05, 4.69) is 10.6 Å². The van der Waals surface area contributed by atoms with Gasteiger partial charge in [0.2, 0.25) is 21.8 Å². The second-order valence-electron chi connectivity index (χ2n) is 8.13. The SMILES string of the molecule is O=C(CNC(=O)[C@H]1CCCN(S(=O)(=O)c2ccc(Cl)cc2)C1)NC1CCCCCC1. The lowest BCUT2D eigenvalue weighted by atomic mass is 9.99. The zero-order valence-electron chi connectivity index (χ0n) is 17.1. The molecule has 1 aliphatic heterocycles. The van der Waals surface area contributed by atoms with Crippen molar-refractivity contribution in [3.63, 3.8) is 0 Å². The normalized spacial score (nSPS) is 21.6. The molecule has 0 radical (unpaired) electrons. The quantitative estimate of drug-likeness (QED) is 0.644. The van der Waals surface area contributed by atoms with Crippen LogP contribution in [-0.2, 0) is 19.6 Å². The van der Waals surface area contributed by atoms with Gasteiger partial charge in [-0.15, -0.1) is 0 Å². The number of rotatable bonds is 6. The molecule has 0 unspecified atom stereocenters. The van der Waals surface area contributed by atoms with Gasteiger partial charge in [-0.2, -0.15) is 4.31 Å². The van der Waals surface area contributed by atoms with E-state index in [1.165, 1.54) is 41.4 Å². The Morgan fingerprint density at radius 1 is 1.00 bits per heavy atom. The number of carbonyl (C=O) groups excluding carboxylic acids is 2. The standard InChI is InChI=1S/C21H30ClN3O4S/c22-17-9-11-19(12-10-17)30(28,29)25-13-5-6-16(15-25)21(27)23-14-20(26)24-18-7-3-1-2-4-8-18/h9-12,16,18H,1-8,13-15H2,(H,23,27)(H,24,26)/t16-/m0/s1. The number of benzene rings is 1. The Bertz CT molecular complexity index is 836. The number of nitrogens with one attached hydrogen (secondary N) is 2. The molecule has 1 aromatic carbocycles. The van der Waals surface area contributed by atoms with E-state index >= 15 is 0 Å². The maximum Gasteiger partial charge on any atom is 0.243 e. The van der Waals surface area contributed by atoms with Gasteiger partial charge in [-0.3, -0.25) is 9.59 Å². The minimum atomic E-state index is -3.68. The van der Waals surface area contributed by atoms with Crippen LogP contribution in [0.1, 0.15) is 51.4 Å². The molecule has 1 saturated carbocycles. The van der Waals surface area contributed by atoms with Crippen LogP contribution < -0.4 is 10.6 Å². The smallest absolute Gasteiger partial charge is 0.243 e. The number of sulfonamides is 1. The lowest BCUT2D eigenvalue weighted by Crippen LogP contribution is -2.48. The molecule has 2 fully saturated rings. The Morgan fingerprint density at radius 3 is 2.33 bits per heavy atom. The molecule has 0 spiro atoms. The topological polar surface area (TPSA) is 95.6 Å². The molecule has 30 heavy (non-hydrogen) atoms. The molecule has 0 aromatic heterocycles. The van der Waals surface area contributed by atoms with Crippen LogP contribution in [0.5, 0.6) is 0 Å². The Labute approximate surface area is 183 Å². The van der Waals surface area contributed by atoms with Crippen molar-refractivity contribution in [3.05, 3.63) is 29.3 Å². The first-order valence-corrected chi connectivity index (χ1v) is 12.5. The summed E-state index contributed by atoms with van der Waals surface area (Å²) >= 11 is 5.85. The number of hydrogen-bond donors (Lipinski definition) is 2. The lowest BCUT2D eigenvalue weighted by Gasteiger charge is -2.31. The lowest BCUT2D eigenvalue weighted by molar-refractivity contribution is -0.129. The minimum absolute atomic E-state index is 0.0736. The number of halogens is 1. The highest BCUT2D eigenvalue weighted by Gasteiger charge is 2.33. The van der Waals surface area contributed by atoms with Gasteiger partial charge in [0.1, 0.15) is 0 Å².